The molecule has 0 aliphatic heterocycles. The Labute approximate surface area is 112 Å². The molecule has 0 aliphatic carbocycles. The van der Waals surface area contributed by atoms with Crippen LogP contribution >= 0.6 is 0 Å². The Balaban J connectivity index is 2.19. The van der Waals surface area contributed by atoms with E-state index in [-0.39, 0.29) is 25.2 Å². The van der Waals surface area contributed by atoms with Crippen LogP contribution in [-0.2, 0) is 16.1 Å². The van der Waals surface area contributed by atoms with E-state index < -0.39 is 0 Å². The molecule has 1 amide bonds. The number of hydrogen-bond donors (Lipinski definition) is 2. The molecule has 0 radical (unpaired) electrons. The number of amides is 1. The number of hydrogen-bond acceptors (Lipinski definition) is 6. The van der Waals surface area contributed by atoms with Crippen LogP contribution in [0.5, 0.6) is 0 Å². The molecule has 19 heavy (non-hydrogen) atoms. The third-order valence-electron chi connectivity index (χ3n) is 2.58. The number of ether oxygens (including phenoxy) is 1. The fraction of sp³-hybridized carbons (Fsp3) is 0.750. The predicted molar refractivity (Wildman–Crippen MR) is 69.2 cm³/mol. The van der Waals surface area contributed by atoms with E-state index in [1.165, 1.54) is 0 Å². The maximum absolute atomic E-state index is 11.6. The van der Waals surface area contributed by atoms with E-state index in [4.69, 9.17) is 15.0 Å². The summed E-state index contributed by atoms with van der Waals surface area (Å²) in [6, 6.07) is 0.0155. The van der Waals surface area contributed by atoms with Crippen LogP contribution in [0, 0.1) is 6.92 Å². The van der Waals surface area contributed by atoms with Crippen LogP contribution < -0.4 is 11.1 Å². The molecule has 0 aromatic carbocycles. The third-order valence-corrected chi connectivity index (χ3v) is 2.58. The monoisotopic (exact) mass is 270 g/mol. The fourth-order valence-electron chi connectivity index (χ4n) is 1.60. The number of unbranched alkanes of at least 4 members (excludes halogenated alkanes) is 1. The molecule has 1 aromatic heterocycles. The predicted octanol–water partition coefficient (Wildman–Crippen LogP) is 0.528. The van der Waals surface area contributed by atoms with Crippen LogP contribution in [0.1, 0.15) is 37.9 Å². The first-order valence-electron chi connectivity index (χ1n) is 6.52. The minimum atomic E-state index is -0.178. The number of aromatic nitrogens is 2. The fourth-order valence-corrected chi connectivity index (χ4v) is 1.60. The summed E-state index contributed by atoms with van der Waals surface area (Å²) < 4.78 is 10.1. The SMILES string of the molecule is CCCCC(CN)NC(=O)COCc1nc(C)no1. The van der Waals surface area contributed by atoms with E-state index in [1.807, 2.05) is 0 Å². The molecular formula is C12H22N4O3. The first kappa shape index (κ1) is 15.6. The molecule has 1 unspecified atom stereocenters. The summed E-state index contributed by atoms with van der Waals surface area (Å²) in [4.78, 5) is 15.6. The minimum Gasteiger partial charge on any atom is -0.362 e. The summed E-state index contributed by atoms with van der Waals surface area (Å²) in [6.45, 7) is 4.36. The number of carbonyl (C=O) groups excluding carboxylic acids is 1. The molecule has 7 nitrogen and oxygen atoms in total. The highest BCUT2D eigenvalue weighted by Gasteiger charge is 2.11. The first-order chi connectivity index (χ1) is 9.15. The van der Waals surface area contributed by atoms with Crippen molar-refractivity contribution in [3.05, 3.63) is 11.7 Å². The average molecular weight is 270 g/mol. The number of carbonyl (C=O) groups is 1. The first-order valence-corrected chi connectivity index (χ1v) is 6.52. The molecule has 0 saturated heterocycles. The van der Waals surface area contributed by atoms with Gasteiger partial charge in [-0.2, -0.15) is 4.98 Å². The Hall–Kier alpha value is -1.47. The number of nitrogens with two attached hydrogens (primary N) is 1. The van der Waals surface area contributed by atoms with Crippen molar-refractivity contribution in [2.75, 3.05) is 13.2 Å². The highest BCUT2D eigenvalue weighted by Crippen LogP contribution is 2.00. The van der Waals surface area contributed by atoms with Crippen molar-refractivity contribution >= 4 is 5.91 Å². The van der Waals surface area contributed by atoms with Crippen LogP contribution in [0.4, 0.5) is 0 Å². The lowest BCUT2D eigenvalue weighted by Gasteiger charge is -2.16. The summed E-state index contributed by atoms with van der Waals surface area (Å²) in [5.74, 6) is 0.736. The molecule has 0 bridgehead atoms. The zero-order chi connectivity index (χ0) is 14.1. The molecule has 0 spiro atoms. The van der Waals surface area contributed by atoms with Crippen molar-refractivity contribution in [2.24, 2.45) is 5.73 Å². The van der Waals surface area contributed by atoms with Gasteiger partial charge in [0.1, 0.15) is 13.2 Å². The van der Waals surface area contributed by atoms with E-state index in [2.05, 4.69) is 22.4 Å². The lowest BCUT2D eigenvalue weighted by Crippen LogP contribution is -2.41. The summed E-state index contributed by atoms with van der Waals surface area (Å²) >= 11 is 0. The van der Waals surface area contributed by atoms with E-state index in [9.17, 15) is 4.79 Å². The number of nitrogens with zero attached hydrogens (tertiary/aromatic N) is 2. The van der Waals surface area contributed by atoms with E-state index in [0.29, 0.717) is 18.3 Å². The summed E-state index contributed by atoms with van der Waals surface area (Å²) in [7, 11) is 0. The second-order valence-corrected chi connectivity index (χ2v) is 4.37. The smallest absolute Gasteiger partial charge is 0.252 e. The largest absolute Gasteiger partial charge is 0.362 e. The van der Waals surface area contributed by atoms with Crippen molar-refractivity contribution < 1.29 is 14.1 Å². The lowest BCUT2D eigenvalue weighted by molar-refractivity contribution is -0.127. The molecule has 0 aliphatic rings. The van der Waals surface area contributed by atoms with Gasteiger partial charge < -0.3 is 20.3 Å². The van der Waals surface area contributed by atoms with Gasteiger partial charge in [-0.25, -0.2) is 0 Å². The average Bonchev–Trinajstić information content (AvgIpc) is 2.80. The number of nitrogens with one attached hydrogen (secondary N) is 1. The van der Waals surface area contributed by atoms with Crippen LogP contribution in [0.2, 0.25) is 0 Å². The molecule has 7 heteroatoms. The number of aryl methyl sites for hydroxylation is 1. The molecule has 1 rings (SSSR count). The molecule has 1 heterocycles. The second kappa shape index (κ2) is 8.60. The third kappa shape index (κ3) is 6.30. The molecule has 0 fully saturated rings. The van der Waals surface area contributed by atoms with Gasteiger partial charge in [0.2, 0.25) is 5.91 Å². The van der Waals surface area contributed by atoms with E-state index >= 15 is 0 Å². The van der Waals surface area contributed by atoms with Gasteiger partial charge in [-0.1, -0.05) is 24.9 Å². The molecular weight excluding hydrogens is 248 g/mol. The van der Waals surface area contributed by atoms with Gasteiger partial charge in [0.05, 0.1) is 0 Å². The van der Waals surface area contributed by atoms with Crippen molar-refractivity contribution in [1.29, 1.82) is 0 Å². The summed E-state index contributed by atoms with van der Waals surface area (Å²) in [5, 5.41) is 6.46. The van der Waals surface area contributed by atoms with Gasteiger partial charge in [-0.15, -0.1) is 0 Å². The standard InChI is InChI=1S/C12H22N4O3/c1-3-4-5-10(6-13)15-11(17)7-18-8-12-14-9(2)16-19-12/h10H,3-8,13H2,1-2H3,(H,15,17). The molecule has 108 valence electrons. The zero-order valence-electron chi connectivity index (χ0n) is 11.5. The minimum absolute atomic E-state index is 0.0155. The van der Waals surface area contributed by atoms with Crippen LogP contribution in [0.3, 0.4) is 0 Å². The van der Waals surface area contributed by atoms with Gasteiger partial charge in [0, 0.05) is 12.6 Å². The Morgan fingerprint density at radius 2 is 2.37 bits per heavy atom. The quantitative estimate of drug-likeness (QED) is 0.678. The molecule has 1 atom stereocenters. The topological polar surface area (TPSA) is 103 Å². The van der Waals surface area contributed by atoms with Crippen LogP contribution in [-0.4, -0.2) is 35.2 Å². The second-order valence-electron chi connectivity index (χ2n) is 4.37. The maximum atomic E-state index is 11.6. The van der Waals surface area contributed by atoms with Gasteiger partial charge in [0.25, 0.3) is 5.89 Å². The Kier molecular flexibility index (Phi) is 7.06. The maximum Gasteiger partial charge on any atom is 0.252 e. The van der Waals surface area contributed by atoms with Gasteiger partial charge in [-0.3, -0.25) is 4.79 Å². The van der Waals surface area contributed by atoms with Crippen LogP contribution in [0.25, 0.3) is 0 Å². The molecule has 1 aromatic rings. The zero-order valence-corrected chi connectivity index (χ0v) is 11.5. The normalized spacial score (nSPS) is 12.4. The van der Waals surface area contributed by atoms with Crippen molar-refractivity contribution in [1.82, 2.24) is 15.5 Å². The number of rotatable bonds is 9. The van der Waals surface area contributed by atoms with Crippen LogP contribution in [0.15, 0.2) is 4.52 Å². The highest BCUT2D eigenvalue weighted by atomic mass is 16.5. The van der Waals surface area contributed by atoms with Crippen molar-refractivity contribution in [2.45, 2.75) is 45.8 Å². The van der Waals surface area contributed by atoms with Gasteiger partial charge in [0.15, 0.2) is 5.82 Å². The van der Waals surface area contributed by atoms with E-state index in [0.717, 1.165) is 19.3 Å². The van der Waals surface area contributed by atoms with Gasteiger partial charge >= 0.3 is 0 Å². The highest BCUT2D eigenvalue weighted by molar-refractivity contribution is 5.77. The lowest BCUT2D eigenvalue weighted by atomic mass is 10.1. The Morgan fingerprint density at radius 3 is 2.95 bits per heavy atom. The Bertz CT molecular complexity index is 381. The molecule has 3 N–H and O–H groups in total. The van der Waals surface area contributed by atoms with Crippen molar-refractivity contribution in [3.63, 3.8) is 0 Å². The Morgan fingerprint density at radius 1 is 1.58 bits per heavy atom. The van der Waals surface area contributed by atoms with Crippen molar-refractivity contribution in [3.8, 4) is 0 Å². The summed E-state index contributed by atoms with van der Waals surface area (Å²) in [5.41, 5.74) is 5.60. The van der Waals surface area contributed by atoms with Gasteiger partial charge in [-0.05, 0) is 13.3 Å². The molecule has 0 saturated carbocycles. The van der Waals surface area contributed by atoms with E-state index in [1.54, 1.807) is 6.92 Å². The summed E-state index contributed by atoms with van der Waals surface area (Å²) in [6.07, 6.45) is 3.02.